The van der Waals surface area contributed by atoms with Crippen molar-refractivity contribution in [1.82, 2.24) is 10.9 Å². The number of rotatable bonds is 5. The Kier molecular flexibility index (Phi) is 6.03. The van der Waals surface area contributed by atoms with Gasteiger partial charge in [-0.3, -0.25) is 25.2 Å². The molecule has 3 fully saturated rings. The van der Waals surface area contributed by atoms with Crippen LogP contribution in [0.1, 0.15) is 62.7 Å². The molecular formula is C24H30N2O5. The summed E-state index contributed by atoms with van der Waals surface area (Å²) in [5.41, 5.74) is 7.51. The molecule has 7 heteroatoms. The summed E-state index contributed by atoms with van der Waals surface area (Å²) in [7, 11) is 0. The molecule has 3 N–H and O–H groups in total. The molecule has 0 aromatic heterocycles. The lowest BCUT2D eigenvalue weighted by Gasteiger charge is -2.26. The Balaban J connectivity index is 1.37. The molecule has 0 spiro atoms. The Labute approximate surface area is 182 Å². The Morgan fingerprint density at radius 3 is 2.10 bits per heavy atom. The first-order valence-corrected chi connectivity index (χ1v) is 11.1. The van der Waals surface area contributed by atoms with Crippen LogP contribution in [0.4, 0.5) is 0 Å². The highest BCUT2D eigenvalue weighted by atomic mass is 16.5. The zero-order valence-electron chi connectivity index (χ0n) is 18.0. The second-order valence-electron chi connectivity index (χ2n) is 9.13. The van der Waals surface area contributed by atoms with Gasteiger partial charge in [-0.1, -0.05) is 11.1 Å². The topological polar surface area (TPSA) is 105 Å². The van der Waals surface area contributed by atoms with E-state index in [1.54, 1.807) is 24.3 Å². The summed E-state index contributed by atoms with van der Waals surface area (Å²) in [6.07, 6.45) is 6.34. The van der Waals surface area contributed by atoms with Gasteiger partial charge in [0.2, 0.25) is 5.91 Å². The van der Waals surface area contributed by atoms with Crippen LogP contribution in [-0.4, -0.2) is 29.0 Å². The first kappa shape index (κ1) is 21.4. The van der Waals surface area contributed by atoms with E-state index in [1.807, 2.05) is 13.8 Å². The van der Waals surface area contributed by atoms with Gasteiger partial charge in [0, 0.05) is 5.56 Å². The Morgan fingerprint density at radius 2 is 1.52 bits per heavy atom. The number of ether oxygens (including phenoxy) is 1. The number of carboxylic acids is 1. The van der Waals surface area contributed by atoms with E-state index >= 15 is 0 Å². The third kappa shape index (κ3) is 4.18. The van der Waals surface area contributed by atoms with Crippen LogP contribution >= 0.6 is 0 Å². The molecular weight excluding hydrogens is 396 g/mol. The maximum absolute atomic E-state index is 12.9. The minimum atomic E-state index is -0.949. The summed E-state index contributed by atoms with van der Waals surface area (Å²) in [4.78, 5) is 37.2. The van der Waals surface area contributed by atoms with E-state index < -0.39 is 29.6 Å². The molecule has 2 amide bonds. The lowest BCUT2D eigenvalue weighted by molar-refractivity contribution is -0.149. The van der Waals surface area contributed by atoms with Gasteiger partial charge in [-0.2, -0.15) is 0 Å². The van der Waals surface area contributed by atoms with Gasteiger partial charge in [0.1, 0.15) is 5.75 Å². The quantitative estimate of drug-likeness (QED) is 0.494. The van der Waals surface area contributed by atoms with Crippen molar-refractivity contribution in [2.24, 2.45) is 23.7 Å². The summed E-state index contributed by atoms with van der Waals surface area (Å²) in [5.74, 6) is -2.67. The SMILES string of the molecule is CC(C)=C1[C@@H]2CC[C@@H]1[C@@H](C(=O)NNC(=O)c1ccc(OC3CCCC3)cc1)[C@@H]2C(=O)O. The van der Waals surface area contributed by atoms with Crippen molar-refractivity contribution >= 4 is 17.8 Å². The van der Waals surface area contributed by atoms with E-state index in [1.165, 1.54) is 12.8 Å². The Bertz CT molecular complexity index is 897. The predicted molar refractivity (Wildman–Crippen MR) is 114 cm³/mol. The molecule has 7 nitrogen and oxygen atoms in total. The number of carbonyl (C=O) groups excluding carboxylic acids is 2. The second kappa shape index (κ2) is 8.73. The molecule has 2 bridgehead atoms. The molecule has 3 aliphatic carbocycles. The van der Waals surface area contributed by atoms with Crippen molar-refractivity contribution < 1.29 is 24.2 Å². The number of hydrogen-bond acceptors (Lipinski definition) is 4. The maximum atomic E-state index is 12.9. The van der Waals surface area contributed by atoms with Crippen LogP contribution in [0, 0.1) is 23.7 Å². The number of benzene rings is 1. The molecule has 0 aliphatic heterocycles. The third-order valence-corrected chi connectivity index (χ3v) is 7.03. The zero-order chi connectivity index (χ0) is 22.1. The van der Waals surface area contributed by atoms with Crippen LogP contribution < -0.4 is 15.6 Å². The average molecular weight is 427 g/mol. The normalized spacial score (nSPS) is 27.2. The molecule has 0 radical (unpaired) electrons. The molecule has 4 atom stereocenters. The Hall–Kier alpha value is -2.83. The minimum absolute atomic E-state index is 0.0694. The number of fused-ring (bicyclic) bond motifs is 2. The smallest absolute Gasteiger partial charge is 0.307 e. The van der Waals surface area contributed by atoms with E-state index in [-0.39, 0.29) is 17.9 Å². The summed E-state index contributed by atoms with van der Waals surface area (Å²) >= 11 is 0. The monoisotopic (exact) mass is 426 g/mol. The number of hydrazine groups is 1. The lowest BCUT2D eigenvalue weighted by Crippen LogP contribution is -2.48. The van der Waals surface area contributed by atoms with E-state index in [4.69, 9.17) is 4.74 Å². The summed E-state index contributed by atoms with van der Waals surface area (Å²) in [6, 6.07) is 6.83. The van der Waals surface area contributed by atoms with Crippen molar-refractivity contribution in [1.29, 1.82) is 0 Å². The lowest BCUT2D eigenvalue weighted by atomic mass is 9.79. The van der Waals surface area contributed by atoms with Crippen molar-refractivity contribution in [3.05, 3.63) is 41.0 Å². The fourth-order valence-electron chi connectivity index (χ4n) is 5.76. The fourth-order valence-corrected chi connectivity index (χ4v) is 5.76. The number of carbonyl (C=O) groups is 3. The predicted octanol–water partition coefficient (Wildman–Crippen LogP) is 3.46. The van der Waals surface area contributed by atoms with Crippen LogP contribution in [0.5, 0.6) is 5.75 Å². The highest BCUT2D eigenvalue weighted by Crippen LogP contribution is 2.57. The van der Waals surface area contributed by atoms with Crippen LogP contribution in [-0.2, 0) is 9.59 Å². The third-order valence-electron chi connectivity index (χ3n) is 7.03. The van der Waals surface area contributed by atoms with E-state index in [9.17, 15) is 19.5 Å². The molecule has 1 aromatic carbocycles. The van der Waals surface area contributed by atoms with E-state index in [0.717, 1.165) is 42.6 Å². The number of hydrogen-bond donors (Lipinski definition) is 3. The number of aliphatic carboxylic acids is 1. The van der Waals surface area contributed by atoms with Gasteiger partial charge in [0.25, 0.3) is 5.91 Å². The van der Waals surface area contributed by atoms with Gasteiger partial charge in [-0.05, 0) is 88.5 Å². The summed E-state index contributed by atoms with van der Waals surface area (Å²) in [5, 5.41) is 9.74. The number of carboxylic acid groups (broad SMARTS) is 1. The van der Waals surface area contributed by atoms with Gasteiger partial charge in [0.15, 0.2) is 0 Å². The van der Waals surface area contributed by atoms with Gasteiger partial charge >= 0.3 is 5.97 Å². The Morgan fingerprint density at radius 1 is 0.903 bits per heavy atom. The standard InChI is InChI=1S/C24H30N2O5/c1-13(2)19-17-11-12-18(19)21(24(29)30)20(17)23(28)26-25-22(27)14-7-9-16(10-8-14)31-15-5-3-4-6-15/h7-10,15,17-18,20-21H,3-6,11-12H2,1-2H3,(H,25,27)(H,26,28)(H,29,30)/t17-,18-,20+,21+/m0/s1. The molecule has 3 saturated carbocycles. The average Bonchev–Trinajstić information content (AvgIpc) is 3.47. The number of amides is 2. The van der Waals surface area contributed by atoms with Gasteiger partial charge < -0.3 is 9.84 Å². The van der Waals surface area contributed by atoms with Gasteiger partial charge in [0.05, 0.1) is 17.9 Å². The van der Waals surface area contributed by atoms with Gasteiger partial charge in [-0.25, -0.2) is 0 Å². The second-order valence-corrected chi connectivity index (χ2v) is 9.13. The van der Waals surface area contributed by atoms with E-state index in [0.29, 0.717) is 5.56 Å². The number of nitrogens with one attached hydrogen (secondary N) is 2. The molecule has 0 unspecified atom stereocenters. The molecule has 1 aromatic rings. The van der Waals surface area contributed by atoms with E-state index in [2.05, 4.69) is 10.9 Å². The van der Waals surface area contributed by atoms with Crippen LogP contribution in [0.2, 0.25) is 0 Å². The molecule has 4 rings (SSSR count). The molecule has 31 heavy (non-hydrogen) atoms. The highest BCUT2D eigenvalue weighted by molar-refractivity contribution is 5.96. The van der Waals surface area contributed by atoms with Gasteiger partial charge in [-0.15, -0.1) is 0 Å². The van der Waals surface area contributed by atoms with Crippen LogP contribution in [0.3, 0.4) is 0 Å². The zero-order valence-corrected chi connectivity index (χ0v) is 18.0. The fraction of sp³-hybridized carbons (Fsp3) is 0.542. The summed E-state index contributed by atoms with van der Waals surface area (Å²) < 4.78 is 5.91. The van der Waals surface area contributed by atoms with Crippen molar-refractivity contribution in [3.63, 3.8) is 0 Å². The van der Waals surface area contributed by atoms with Crippen LogP contribution in [0.15, 0.2) is 35.4 Å². The largest absolute Gasteiger partial charge is 0.490 e. The van der Waals surface area contributed by atoms with Crippen molar-refractivity contribution in [2.75, 3.05) is 0 Å². The van der Waals surface area contributed by atoms with Crippen LogP contribution in [0.25, 0.3) is 0 Å². The number of allylic oxidation sites excluding steroid dienone is 2. The highest BCUT2D eigenvalue weighted by Gasteiger charge is 2.57. The van der Waals surface area contributed by atoms with Crippen molar-refractivity contribution in [3.8, 4) is 5.75 Å². The summed E-state index contributed by atoms with van der Waals surface area (Å²) in [6.45, 7) is 3.95. The molecule has 3 aliphatic rings. The minimum Gasteiger partial charge on any atom is -0.490 e. The maximum Gasteiger partial charge on any atom is 0.307 e. The molecule has 0 heterocycles. The molecule has 0 saturated heterocycles. The van der Waals surface area contributed by atoms with Crippen molar-refractivity contribution in [2.45, 2.75) is 58.5 Å². The first-order valence-electron chi connectivity index (χ1n) is 11.1. The molecule has 166 valence electrons. The first-order chi connectivity index (χ1) is 14.9.